The molecule has 146 valence electrons. The molecular formula is C22H33F3Si. The van der Waals surface area contributed by atoms with E-state index in [0.717, 1.165) is 43.4 Å². The van der Waals surface area contributed by atoms with Gasteiger partial charge in [-0.1, -0.05) is 38.3 Å². The van der Waals surface area contributed by atoms with Crippen LogP contribution in [0.2, 0.25) is 12.6 Å². The lowest BCUT2D eigenvalue weighted by molar-refractivity contribution is 0.156. The van der Waals surface area contributed by atoms with Gasteiger partial charge < -0.3 is 0 Å². The maximum atomic E-state index is 13.5. The Bertz CT molecular complexity index is 550. The molecule has 0 spiro atoms. The van der Waals surface area contributed by atoms with Gasteiger partial charge in [0.2, 0.25) is 0 Å². The van der Waals surface area contributed by atoms with Crippen LogP contribution in [0.5, 0.6) is 0 Å². The highest BCUT2D eigenvalue weighted by Gasteiger charge is 2.31. The van der Waals surface area contributed by atoms with Crippen LogP contribution in [0, 0.1) is 35.2 Å². The van der Waals surface area contributed by atoms with Crippen LogP contribution in [-0.4, -0.2) is 9.52 Å². The lowest BCUT2D eigenvalue weighted by Crippen LogP contribution is -2.25. The topological polar surface area (TPSA) is 0 Å². The first kappa shape index (κ1) is 20.0. The summed E-state index contributed by atoms with van der Waals surface area (Å²) in [5.74, 6) is -0.656. The second-order valence-electron chi connectivity index (χ2n) is 8.69. The molecule has 3 rings (SSSR count). The lowest BCUT2D eigenvalue weighted by atomic mass is 9.68. The van der Waals surface area contributed by atoms with Crippen LogP contribution < -0.4 is 0 Å². The van der Waals surface area contributed by atoms with Gasteiger partial charge in [-0.15, -0.1) is 0 Å². The lowest BCUT2D eigenvalue weighted by Gasteiger charge is -2.38. The van der Waals surface area contributed by atoms with E-state index < -0.39 is 17.5 Å². The Labute approximate surface area is 158 Å². The van der Waals surface area contributed by atoms with E-state index in [9.17, 15) is 13.2 Å². The minimum Gasteiger partial charge on any atom is -0.204 e. The number of halogens is 3. The molecule has 0 heterocycles. The molecular weight excluding hydrogens is 349 g/mol. The van der Waals surface area contributed by atoms with Crippen molar-refractivity contribution < 1.29 is 13.2 Å². The molecule has 0 aromatic heterocycles. The molecule has 26 heavy (non-hydrogen) atoms. The van der Waals surface area contributed by atoms with Crippen LogP contribution in [0.25, 0.3) is 0 Å². The highest BCUT2D eigenvalue weighted by Crippen LogP contribution is 2.44. The molecule has 2 aliphatic rings. The van der Waals surface area contributed by atoms with Gasteiger partial charge in [-0.05, 0) is 79.9 Å². The zero-order valence-electron chi connectivity index (χ0n) is 16.1. The van der Waals surface area contributed by atoms with Gasteiger partial charge in [-0.25, -0.2) is 13.2 Å². The van der Waals surface area contributed by atoms with Crippen molar-refractivity contribution in [3.8, 4) is 0 Å². The van der Waals surface area contributed by atoms with E-state index in [0.29, 0.717) is 5.56 Å². The summed E-state index contributed by atoms with van der Waals surface area (Å²) in [7, 11) is 0.238. The summed E-state index contributed by atoms with van der Waals surface area (Å²) in [6.45, 7) is 2.40. The molecule has 2 aliphatic carbocycles. The molecule has 0 nitrogen and oxygen atoms in total. The molecule has 0 amide bonds. The maximum absolute atomic E-state index is 13.5. The number of hydrogen-bond acceptors (Lipinski definition) is 0. The average Bonchev–Trinajstić information content (AvgIpc) is 2.67. The van der Waals surface area contributed by atoms with Crippen molar-refractivity contribution in [2.24, 2.45) is 17.8 Å². The largest absolute Gasteiger partial charge is 0.204 e. The monoisotopic (exact) mass is 382 g/mol. The van der Waals surface area contributed by atoms with E-state index in [1.54, 1.807) is 0 Å². The van der Waals surface area contributed by atoms with Crippen molar-refractivity contribution in [3.05, 3.63) is 35.1 Å². The fraction of sp³-hybridized carbons (Fsp3) is 0.727. The number of hydrogen-bond donors (Lipinski definition) is 0. The first-order chi connectivity index (χ1) is 12.6. The van der Waals surface area contributed by atoms with Gasteiger partial charge >= 0.3 is 0 Å². The Balaban J connectivity index is 1.46. The van der Waals surface area contributed by atoms with E-state index in [-0.39, 0.29) is 15.4 Å². The summed E-state index contributed by atoms with van der Waals surface area (Å²) < 4.78 is 40.2. The third kappa shape index (κ3) is 4.93. The molecule has 0 bridgehead atoms. The summed E-state index contributed by atoms with van der Waals surface area (Å²) in [4.78, 5) is 0. The van der Waals surface area contributed by atoms with Gasteiger partial charge in [-0.2, -0.15) is 0 Å². The van der Waals surface area contributed by atoms with Gasteiger partial charge in [0, 0.05) is 9.52 Å². The Morgan fingerprint density at radius 1 is 0.846 bits per heavy atom. The van der Waals surface area contributed by atoms with Crippen molar-refractivity contribution in [3.63, 3.8) is 0 Å². The predicted molar refractivity (Wildman–Crippen MR) is 105 cm³/mol. The van der Waals surface area contributed by atoms with E-state index in [4.69, 9.17) is 0 Å². The van der Waals surface area contributed by atoms with Crippen molar-refractivity contribution in [2.75, 3.05) is 0 Å². The Morgan fingerprint density at radius 2 is 1.38 bits per heavy atom. The SMILES string of the molecule is C[SiH2]CCCC1CCC(C2CCC(c3cc(F)c(F)c(F)c3)CC2)CC1. The molecule has 2 saturated carbocycles. The summed E-state index contributed by atoms with van der Waals surface area (Å²) in [5.41, 5.74) is 0.642. The molecule has 0 N–H and O–H groups in total. The van der Waals surface area contributed by atoms with Gasteiger partial charge in [0.25, 0.3) is 0 Å². The molecule has 0 radical (unpaired) electrons. The summed E-state index contributed by atoms with van der Waals surface area (Å²) >= 11 is 0. The van der Waals surface area contributed by atoms with Crippen LogP contribution in [0.15, 0.2) is 12.1 Å². The number of rotatable bonds is 6. The third-order valence-corrected chi connectivity index (χ3v) is 8.23. The summed E-state index contributed by atoms with van der Waals surface area (Å²) in [5, 5.41) is 0. The molecule has 4 heteroatoms. The molecule has 0 unspecified atom stereocenters. The standard InChI is InChI=1S/C22H33F3Si/c1-26-12-2-3-15-4-6-16(7-5-15)17-8-10-18(11-9-17)19-13-20(23)22(25)21(24)14-19/h13-18H,2-12,26H2,1H3. The fourth-order valence-corrected chi connectivity index (χ4v) is 6.15. The van der Waals surface area contributed by atoms with Crippen molar-refractivity contribution in [1.29, 1.82) is 0 Å². The smallest absolute Gasteiger partial charge is 0.194 e. The normalized spacial score (nSPS) is 30.2. The first-order valence-corrected chi connectivity index (χ1v) is 13.1. The Kier molecular flexibility index (Phi) is 7.25. The van der Waals surface area contributed by atoms with Gasteiger partial charge in [0.1, 0.15) is 0 Å². The van der Waals surface area contributed by atoms with Crippen LogP contribution >= 0.6 is 0 Å². The van der Waals surface area contributed by atoms with Gasteiger partial charge in [-0.3, -0.25) is 0 Å². The van der Waals surface area contributed by atoms with Gasteiger partial charge in [0.15, 0.2) is 17.5 Å². The van der Waals surface area contributed by atoms with E-state index in [2.05, 4.69) is 6.55 Å². The molecule has 2 fully saturated rings. The van der Waals surface area contributed by atoms with E-state index >= 15 is 0 Å². The quantitative estimate of drug-likeness (QED) is 0.295. The Morgan fingerprint density at radius 3 is 1.92 bits per heavy atom. The predicted octanol–water partition coefficient (Wildman–Crippen LogP) is 6.60. The second-order valence-corrected chi connectivity index (χ2v) is 10.4. The maximum Gasteiger partial charge on any atom is 0.194 e. The first-order valence-electron chi connectivity index (χ1n) is 10.7. The minimum atomic E-state index is -1.35. The van der Waals surface area contributed by atoms with Crippen LogP contribution in [-0.2, 0) is 0 Å². The van der Waals surface area contributed by atoms with E-state index in [1.807, 2.05) is 0 Å². The summed E-state index contributed by atoms with van der Waals surface area (Å²) in [6.07, 6.45) is 12.7. The van der Waals surface area contributed by atoms with Gasteiger partial charge in [0.05, 0.1) is 0 Å². The van der Waals surface area contributed by atoms with Crippen molar-refractivity contribution in [2.45, 2.75) is 82.7 Å². The van der Waals surface area contributed by atoms with Crippen LogP contribution in [0.1, 0.15) is 75.7 Å². The minimum absolute atomic E-state index is 0.186. The summed E-state index contributed by atoms with van der Waals surface area (Å²) in [6, 6.07) is 3.91. The molecule has 1 aromatic carbocycles. The molecule has 0 atom stereocenters. The van der Waals surface area contributed by atoms with E-state index in [1.165, 1.54) is 56.7 Å². The highest BCUT2D eigenvalue weighted by atomic mass is 28.2. The zero-order chi connectivity index (χ0) is 18.5. The highest BCUT2D eigenvalue weighted by molar-refractivity contribution is 6.33. The van der Waals surface area contributed by atoms with Crippen LogP contribution in [0.4, 0.5) is 13.2 Å². The van der Waals surface area contributed by atoms with Crippen molar-refractivity contribution >= 4 is 9.52 Å². The van der Waals surface area contributed by atoms with Crippen molar-refractivity contribution in [1.82, 2.24) is 0 Å². The second kappa shape index (κ2) is 9.43. The fourth-order valence-electron chi connectivity index (χ4n) is 5.37. The van der Waals surface area contributed by atoms with Crippen LogP contribution in [0.3, 0.4) is 0 Å². The number of benzene rings is 1. The molecule has 0 aliphatic heterocycles. The zero-order valence-corrected chi connectivity index (χ0v) is 17.5. The third-order valence-electron chi connectivity index (χ3n) is 7.02. The average molecular weight is 383 g/mol. The molecule has 1 aromatic rings. The Hall–Kier alpha value is -0.773. The molecule has 0 saturated heterocycles.